The van der Waals surface area contributed by atoms with E-state index in [2.05, 4.69) is 42.0 Å². The third kappa shape index (κ3) is 3.67. The van der Waals surface area contributed by atoms with Gasteiger partial charge in [0.05, 0.1) is 25.8 Å². The lowest BCUT2D eigenvalue weighted by Crippen LogP contribution is -2.40. The fourth-order valence-corrected chi connectivity index (χ4v) is 4.23. The van der Waals surface area contributed by atoms with Crippen LogP contribution in [0.4, 0.5) is 0 Å². The summed E-state index contributed by atoms with van der Waals surface area (Å²) >= 11 is 8.43. The van der Waals surface area contributed by atoms with E-state index in [-0.39, 0.29) is 6.10 Å². The zero-order valence-electron chi connectivity index (χ0n) is 11.3. The molecule has 8 heteroatoms. The van der Waals surface area contributed by atoms with Crippen LogP contribution in [0.2, 0.25) is 0 Å². The minimum absolute atomic E-state index is 0.103. The summed E-state index contributed by atoms with van der Waals surface area (Å²) in [6.45, 7) is 6.07. The lowest BCUT2D eigenvalue weighted by atomic mass is 10.1. The topological polar surface area (TPSA) is 74.2 Å². The van der Waals surface area contributed by atoms with E-state index < -0.39 is 5.54 Å². The molecular weight excluding hydrogens is 410 g/mol. The lowest BCUT2D eigenvalue weighted by molar-refractivity contribution is 0.0410. The molecule has 0 spiro atoms. The second-order valence-electron chi connectivity index (χ2n) is 4.94. The van der Waals surface area contributed by atoms with Gasteiger partial charge in [-0.25, -0.2) is 0 Å². The third-order valence-corrected chi connectivity index (χ3v) is 4.88. The van der Waals surface area contributed by atoms with Crippen molar-refractivity contribution < 1.29 is 9.26 Å². The minimum Gasteiger partial charge on any atom is -0.376 e. The van der Waals surface area contributed by atoms with E-state index in [0.29, 0.717) is 18.3 Å². The van der Waals surface area contributed by atoms with Gasteiger partial charge in [-0.2, -0.15) is 4.98 Å². The van der Waals surface area contributed by atoms with Crippen LogP contribution in [0.3, 0.4) is 0 Å². The molecule has 2 N–H and O–H groups in total. The van der Waals surface area contributed by atoms with Crippen LogP contribution in [0, 0.1) is 0 Å². The summed E-state index contributed by atoms with van der Waals surface area (Å²) in [5.41, 5.74) is 6.26. The quantitative estimate of drug-likeness (QED) is 0.787. The van der Waals surface area contributed by atoms with Crippen molar-refractivity contribution in [1.29, 1.82) is 0 Å². The van der Waals surface area contributed by atoms with Crippen molar-refractivity contribution >= 4 is 43.2 Å². The van der Waals surface area contributed by atoms with E-state index in [4.69, 9.17) is 15.0 Å². The lowest BCUT2D eigenvalue weighted by Gasteiger charge is -2.21. The van der Waals surface area contributed by atoms with Crippen LogP contribution < -0.4 is 5.73 Å². The fraction of sp³-hybridized carbons (Fsp3) is 0.500. The molecule has 2 aromatic heterocycles. The van der Waals surface area contributed by atoms with Crippen LogP contribution in [0.15, 0.2) is 18.2 Å². The Bertz CT molecular complexity index is 595. The van der Waals surface area contributed by atoms with E-state index in [1.54, 1.807) is 11.3 Å². The molecule has 20 heavy (non-hydrogen) atoms. The predicted octanol–water partition coefficient (Wildman–Crippen LogP) is 3.92. The molecule has 110 valence electrons. The Morgan fingerprint density at radius 1 is 1.50 bits per heavy atom. The second kappa shape index (κ2) is 6.23. The molecule has 1 unspecified atom stereocenters. The number of ether oxygens (including phenoxy) is 1. The van der Waals surface area contributed by atoms with Crippen molar-refractivity contribution in [2.24, 2.45) is 5.73 Å². The summed E-state index contributed by atoms with van der Waals surface area (Å²) in [5, 5.41) is 3.97. The van der Waals surface area contributed by atoms with Crippen molar-refractivity contribution in [3.05, 3.63) is 19.5 Å². The normalized spacial score (nSPS) is 14.8. The number of hydrogen-bond acceptors (Lipinski definition) is 6. The molecule has 0 fully saturated rings. The van der Waals surface area contributed by atoms with E-state index >= 15 is 0 Å². The molecule has 2 heterocycles. The molecule has 2 rings (SSSR count). The van der Waals surface area contributed by atoms with Gasteiger partial charge in [0.2, 0.25) is 0 Å². The Balaban J connectivity index is 2.22. The van der Waals surface area contributed by atoms with Gasteiger partial charge < -0.3 is 15.0 Å². The van der Waals surface area contributed by atoms with Gasteiger partial charge >= 0.3 is 0 Å². The highest BCUT2D eigenvalue weighted by Crippen LogP contribution is 2.38. The number of hydrogen-bond donors (Lipinski definition) is 1. The molecule has 0 aliphatic rings. The zero-order chi connectivity index (χ0) is 14.9. The number of thiophene rings is 1. The summed E-state index contributed by atoms with van der Waals surface area (Å²) in [6, 6.07) is 1.92. The summed E-state index contributed by atoms with van der Waals surface area (Å²) in [7, 11) is 0. The first-order chi connectivity index (χ1) is 9.29. The average molecular weight is 425 g/mol. The van der Waals surface area contributed by atoms with Gasteiger partial charge in [-0.1, -0.05) is 5.16 Å². The maximum Gasteiger partial charge on any atom is 0.260 e. The monoisotopic (exact) mass is 423 g/mol. The second-order valence-corrected chi connectivity index (χ2v) is 8.69. The summed E-state index contributed by atoms with van der Waals surface area (Å²) in [5.74, 6) is 0.873. The maximum absolute atomic E-state index is 6.19. The van der Waals surface area contributed by atoms with E-state index in [1.165, 1.54) is 0 Å². The maximum atomic E-state index is 6.19. The van der Waals surface area contributed by atoms with E-state index in [1.807, 2.05) is 26.8 Å². The van der Waals surface area contributed by atoms with Crippen LogP contribution in [-0.4, -0.2) is 22.9 Å². The van der Waals surface area contributed by atoms with Crippen molar-refractivity contribution in [3.8, 4) is 11.5 Å². The molecule has 0 aliphatic carbocycles. The number of rotatable bonds is 5. The number of nitrogens with zero attached hydrogens (tertiary/aromatic N) is 2. The molecule has 0 radical (unpaired) electrons. The fourth-order valence-electron chi connectivity index (χ4n) is 1.46. The number of nitrogens with two attached hydrogens (primary N) is 1. The van der Waals surface area contributed by atoms with Crippen molar-refractivity contribution in [3.63, 3.8) is 0 Å². The first-order valence-electron chi connectivity index (χ1n) is 5.99. The number of halogens is 2. The van der Waals surface area contributed by atoms with E-state index in [0.717, 1.165) is 13.1 Å². The SMILES string of the molecule is CC(C)OCC(C)(N)c1noc(-c2cc(Br)sc2Br)n1. The van der Waals surface area contributed by atoms with Gasteiger partial charge in [-0.15, -0.1) is 11.3 Å². The Morgan fingerprint density at radius 2 is 2.20 bits per heavy atom. The molecule has 0 saturated heterocycles. The number of aromatic nitrogens is 2. The molecule has 0 aromatic carbocycles. The minimum atomic E-state index is -0.786. The Kier molecular flexibility index (Phi) is 5.01. The Labute approximate surface area is 138 Å². The van der Waals surface area contributed by atoms with Gasteiger partial charge in [0.25, 0.3) is 5.89 Å². The highest BCUT2D eigenvalue weighted by molar-refractivity contribution is 9.12. The van der Waals surface area contributed by atoms with Crippen molar-refractivity contribution in [1.82, 2.24) is 10.1 Å². The molecule has 1 atom stereocenters. The highest BCUT2D eigenvalue weighted by atomic mass is 79.9. The molecule has 5 nitrogen and oxygen atoms in total. The van der Waals surface area contributed by atoms with Crippen LogP contribution >= 0.6 is 43.2 Å². The molecule has 0 saturated carbocycles. The van der Waals surface area contributed by atoms with Gasteiger partial charge in [0.1, 0.15) is 5.54 Å². The van der Waals surface area contributed by atoms with Crippen LogP contribution in [0.1, 0.15) is 26.6 Å². The van der Waals surface area contributed by atoms with Crippen LogP contribution in [-0.2, 0) is 10.3 Å². The third-order valence-electron chi connectivity index (χ3n) is 2.54. The standard InChI is InChI=1S/C12H15Br2N3O2S/c1-6(2)18-5-12(3,15)11-16-10(19-17-11)7-4-8(13)20-9(7)14/h4,6H,5,15H2,1-3H3. The Morgan fingerprint density at radius 3 is 2.75 bits per heavy atom. The highest BCUT2D eigenvalue weighted by Gasteiger charge is 2.29. The molecule has 2 aromatic rings. The largest absolute Gasteiger partial charge is 0.376 e. The van der Waals surface area contributed by atoms with Crippen LogP contribution in [0.25, 0.3) is 11.5 Å². The van der Waals surface area contributed by atoms with Crippen molar-refractivity contribution in [2.45, 2.75) is 32.4 Å². The first kappa shape index (κ1) is 16.1. The Hall–Kier alpha value is -0.280. The van der Waals surface area contributed by atoms with Crippen molar-refractivity contribution in [2.75, 3.05) is 6.61 Å². The van der Waals surface area contributed by atoms with Gasteiger partial charge in [0.15, 0.2) is 5.82 Å². The summed E-state index contributed by atoms with van der Waals surface area (Å²) in [4.78, 5) is 4.38. The smallest absolute Gasteiger partial charge is 0.260 e. The molecule has 0 aliphatic heterocycles. The molecule has 0 amide bonds. The van der Waals surface area contributed by atoms with Gasteiger partial charge in [-0.3, -0.25) is 0 Å². The molecule has 0 bridgehead atoms. The predicted molar refractivity (Wildman–Crippen MR) is 85.6 cm³/mol. The average Bonchev–Trinajstić information content (AvgIpc) is 2.93. The van der Waals surface area contributed by atoms with E-state index in [9.17, 15) is 0 Å². The van der Waals surface area contributed by atoms with Gasteiger partial charge in [0, 0.05) is 0 Å². The summed E-state index contributed by atoms with van der Waals surface area (Å²) in [6.07, 6.45) is 0.103. The zero-order valence-corrected chi connectivity index (χ0v) is 15.3. The molecular formula is C12H15Br2N3O2S. The van der Waals surface area contributed by atoms with Gasteiger partial charge in [-0.05, 0) is 58.7 Å². The summed E-state index contributed by atoms with van der Waals surface area (Å²) < 4.78 is 12.8. The van der Waals surface area contributed by atoms with Crippen LogP contribution in [0.5, 0.6) is 0 Å². The first-order valence-corrected chi connectivity index (χ1v) is 8.39.